The zero-order valence-corrected chi connectivity index (χ0v) is 12.3. The van der Waals surface area contributed by atoms with E-state index in [9.17, 15) is 22.0 Å². The lowest BCUT2D eigenvalue weighted by atomic mass is 10.2. The van der Waals surface area contributed by atoms with Crippen molar-refractivity contribution in [2.75, 3.05) is 0 Å². The van der Waals surface area contributed by atoms with Gasteiger partial charge in [-0.05, 0) is 12.1 Å². The van der Waals surface area contributed by atoms with Crippen molar-refractivity contribution in [1.82, 2.24) is 0 Å². The molecular formula is C13H5BrClF5O. The van der Waals surface area contributed by atoms with Crippen LogP contribution >= 0.6 is 27.5 Å². The molecule has 112 valence electrons. The molecule has 8 heteroatoms. The molecule has 0 saturated heterocycles. The van der Waals surface area contributed by atoms with E-state index in [0.717, 1.165) is 0 Å². The minimum absolute atomic E-state index is 0.216. The zero-order chi connectivity index (χ0) is 15.7. The van der Waals surface area contributed by atoms with E-state index < -0.39 is 41.4 Å². The highest BCUT2D eigenvalue weighted by atomic mass is 79.9. The number of hydrogen-bond acceptors (Lipinski definition) is 1. The van der Waals surface area contributed by atoms with Crippen LogP contribution in [0.3, 0.4) is 0 Å². The molecule has 0 spiro atoms. The third-order valence-corrected chi connectivity index (χ3v) is 3.40. The Morgan fingerprint density at radius 1 is 0.905 bits per heavy atom. The van der Waals surface area contributed by atoms with Gasteiger partial charge in [0.2, 0.25) is 29.1 Å². The smallest absolute Gasteiger partial charge is 0.207 e. The molecule has 0 fully saturated rings. The molecule has 0 heterocycles. The monoisotopic (exact) mass is 386 g/mol. The summed E-state index contributed by atoms with van der Waals surface area (Å²) in [5, 5.41) is 0.216. The van der Waals surface area contributed by atoms with Gasteiger partial charge >= 0.3 is 0 Å². The van der Waals surface area contributed by atoms with Crippen LogP contribution in [-0.4, -0.2) is 0 Å². The summed E-state index contributed by atoms with van der Waals surface area (Å²) in [5.74, 6) is -11.8. The third-order valence-electron chi connectivity index (χ3n) is 2.56. The van der Waals surface area contributed by atoms with Gasteiger partial charge in [-0.2, -0.15) is 8.78 Å². The summed E-state index contributed by atoms with van der Waals surface area (Å²) in [7, 11) is 0. The van der Waals surface area contributed by atoms with E-state index >= 15 is 0 Å². The normalized spacial score (nSPS) is 10.8. The van der Waals surface area contributed by atoms with Gasteiger partial charge in [0.15, 0.2) is 5.75 Å². The van der Waals surface area contributed by atoms with Crippen molar-refractivity contribution < 1.29 is 26.7 Å². The van der Waals surface area contributed by atoms with Gasteiger partial charge in [-0.25, -0.2) is 13.2 Å². The molecule has 0 aliphatic carbocycles. The van der Waals surface area contributed by atoms with Crippen molar-refractivity contribution in [2.45, 2.75) is 6.61 Å². The Labute approximate surface area is 129 Å². The summed E-state index contributed by atoms with van der Waals surface area (Å²) in [6, 6.07) is 4.57. The highest BCUT2D eigenvalue weighted by Gasteiger charge is 2.27. The number of halogens is 7. The van der Waals surface area contributed by atoms with Crippen LogP contribution in [0.4, 0.5) is 22.0 Å². The fourth-order valence-electron chi connectivity index (χ4n) is 1.50. The largest absolute Gasteiger partial charge is 0.483 e. The van der Waals surface area contributed by atoms with E-state index in [2.05, 4.69) is 15.9 Å². The Hall–Kier alpha value is -1.34. The highest BCUT2D eigenvalue weighted by molar-refractivity contribution is 9.10. The zero-order valence-electron chi connectivity index (χ0n) is 9.99. The second-order valence-corrected chi connectivity index (χ2v) is 5.25. The van der Waals surface area contributed by atoms with E-state index in [0.29, 0.717) is 10.0 Å². The Kier molecular flexibility index (Phi) is 4.73. The molecule has 0 aromatic heterocycles. The Morgan fingerprint density at radius 2 is 1.43 bits per heavy atom. The van der Waals surface area contributed by atoms with Crippen molar-refractivity contribution in [3.8, 4) is 5.75 Å². The lowest BCUT2D eigenvalue weighted by Crippen LogP contribution is -2.07. The summed E-state index contributed by atoms with van der Waals surface area (Å²) < 4.78 is 71.0. The second-order valence-electron chi connectivity index (χ2n) is 3.92. The van der Waals surface area contributed by atoms with Gasteiger partial charge in [0.05, 0.1) is 0 Å². The summed E-state index contributed by atoms with van der Waals surface area (Å²) in [6.07, 6.45) is 0. The van der Waals surface area contributed by atoms with Crippen LogP contribution in [-0.2, 0) is 6.61 Å². The maximum absolute atomic E-state index is 13.4. The molecule has 2 rings (SSSR count). The average Bonchev–Trinajstić information content (AvgIpc) is 2.45. The number of rotatable bonds is 3. The minimum Gasteiger partial charge on any atom is -0.483 e. The Morgan fingerprint density at radius 3 is 1.95 bits per heavy atom. The van der Waals surface area contributed by atoms with E-state index in [1.807, 2.05) is 0 Å². The molecule has 1 nitrogen and oxygen atoms in total. The molecule has 21 heavy (non-hydrogen) atoms. The number of ether oxygens (including phenoxy) is 1. The van der Waals surface area contributed by atoms with Crippen LogP contribution in [0.1, 0.15) is 5.56 Å². The molecule has 0 radical (unpaired) electrons. The van der Waals surface area contributed by atoms with Crippen molar-refractivity contribution >= 4 is 27.5 Å². The summed E-state index contributed by atoms with van der Waals surface area (Å²) in [4.78, 5) is 0. The first-order chi connectivity index (χ1) is 9.82. The predicted octanol–water partition coefficient (Wildman–Crippen LogP) is 5.38. The molecule has 0 unspecified atom stereocenters. The lowest BCUT2D eigenvalue weighted by Gasteiger charge is -2.11. The van der Waals surface area contributed by atoms with Gasteiger partial charge < -0.3 is 4.74 Å². The standard InChI is InChI=1S/C13H5BrClF5O/c14-6-2-1-5(7(15)3-6)4-21-13-11(19)9(17)8(16)10(18)12(13)20/h1-3H,4H2. The van der Waals surface area contributed by atoms with Gasteiger partial charge in [0.1, 0.15) is 6.61 Å². The second kappa shape index (κ2) is 6.19. The van der Waals surface area contributed by atoms with Crippen LogP contribution < -0.4 is 4.74 Å². The maximum atomic E-state index is 13.4. The topological polar surface area (TPSA) is 9.23 Å². The fourth-order valence-corrected chi connectivity index (χ4v) is 2.23. The van der Waals surface area contributed by atoms with Crippen LogP contribution in [0.2, 0.25) is 5.02 Å². The quantitative estimate of drug-likeness (QED) is 0.390. The minimum atomic E-state index is -2.24. The predicted molar refractivity (Wildman–Crippen MR) is 69.7 cm³/mol. The molecule has 2 aromatic rings. The van der Waals surface area contributed by atoms with E-state index in [1.54, 1.807) is 6.07 Å². The van der Waals surface area contributed by atoms with Crippen LogP contribution in [0.25, 0.3) is 0 Å². The fraction of sp³-hybridized carbons (Fsp3) is 0.0769. The molecule has 0 aliphatic rings. The van der Waals surface area contributed by atoms with Crippen LogP contribution in [0, 0.1) is 29.1 Å². The maximum Gasteiger partial charge on any atom is 0.207 e. The molecular weight excluding hydrogens is 382 g/mol. The highest BCUT2D eigenvalue weighted by Crippen LogP contribution is 2.30. The first-order valence-corrected chi connectivity index (χ1v) is 6.58. The van der Waals surface area contributed by atoms with Crippen LogP contribution in [0.15, 0.2) is 22.7 Å². The van der Waals surface area contributed by atoms with Gasteiger partial charge in [-0.3, -0.25) is 0 Å². The first-order valence-electron chi connectivity index (χ1n) is 5.41. The van der Waals surface area contributed by atoms with Crippen molar-refractivity contribution in [1.29, 1.82) is 0 Å². The Balaban J connectivity index is 2.32. The Bertz CT molecular complexity index is 678. The van der Waals surface area contributed by atoms with Gasteiger partial charge in [-0.1, -0.05) is 33.6 Å². The molecule has 0 N–H and O–H groups in total. The van der Waals surface area contributed by atoms with Gasteiger partial charge in [0.25, 0.3) is 0 Å². The molecule has 0 atom stereocenters. The first kappa shape index (κ1) is 16.0. The van der Waals surface area contributed by atoms with Crippen molar-refractivity contribution in [2.24, 2.45) is 0 Å². The average molecular weight is 388 g/mol. The van der Waals surface area contributed by atoms with Gasteiger partial charge in [-0.15, -0.1) is 0 Å². The number of hydrogen-bond donors (Lipinski definition) is 0. The van der Waals surface area contributed by atoms with E-state index in [4.69, 9.17) is 16.3 Å². The molecule has 0 amide bonds. The summed E-state index contributed by atoms with van der Waals surface area (Å²) in [6.45, 7) is -0.454. The molecule has 0 aliphatic heterocycles. The van der Waals surface area contributed by atoms with E-state index in [1.165, 1.54) is 12.1 Å². The number of benzene rings is 2. The third kappa shape index (κ3) is 3.13. The lowest BCUT2D eigenvalue weighted by molar-refractivity contribution is 0.253. The SMILES string of the molecule is Fc1c(F)c(F)c(OCc2ccc(Br)cc2Cl)c(F)c1F. The van der Waals surface area contributed by atoms with E-state index in [-0.39, 0.29) is 5.02 Å². The molecule has 0 bridgehead atoms. The molecule has 2 aromatic carbocycles. The summed E-state index contributed by atoms with van der Waals surface area (Å²) in [5.41, 5.74) is 0.323. The van der Waals surface area contributed by atoms with Crippen LogP contribution in [0.5, 0.6) is 5.75 Å². The summed E-state index contributed by atoms with van der Waals surface area (Å²) >= 11 is 9.01. The molecule has 0 saturated carbocycles. The van der Waals surface area contributed by atoms with Gasteiger partial charge in [0, 0.05) is 15.1 Å². The van der Waals surface area contributed by atoms with Crippen molar-refractivity contribution in [3.63, 3.8) is 0 Å². The van der Waals surface area contributed by atoms with Crippen molar-refractivity contribution in [3.05, 3.63) is 62.3 Å².